The van der Waals surface area contributed by atoms with Gasteiger partial charge in [-0.1, -0.05) is 84.4 Å². The number of cyclic esters (lactones) is 1. The molecule has 1 aliphatic rings. The number of carboxylic acids is 4. The van der Waals surface area contributed by atoms with Crippen molar-refractivity contribution in [1.82, 2.24) is 73.7 Å². The van der Waals surface area contributed by atoms with E-state index in [1.807, 2.05) is 16.0 Å². The van der Waals surface area contributed by atoms with Crippen LogP contribution >= 0.6 is 0 Å². The van der Waals surface area contributed by atoms with Gasteiger partial charge in [0.15, 0.2) is 6.10 Å². The number of rotatable bonds is 36. The fourth-order valence-corrected chi connectivity index (χ4v) is 11.8. The number of carboxylic acid groups (broad SMARTS) is 4. The van der Waals surface area contributed by atoms with Crippen molar-refractivity contribution in [3.8, 4) is 0 Å². The second-order valence-corrected chi connectivity index (χ2v) is 28.0. The van der Waals surface area contributed by atoms with Crippen LogP contribution in [0.3, 0.4) is 0 Å². The number of para-hydroxylation sites is 1. The van der Waals surface area contributed by atoms with Crippen LogP contribution in [-0.2, 0) is 107 Å². The van der Waals surface area contributed by atoms with Gasteiger partial charge in [0.25, 0.3) is 0 Å². The maximum Gasteiger partial charge on any atom is 0.335 e. The Kier molecular flexibility index (Phi) is 40.6. The van der Waals surface area contributed by atoms with Gasteiger partial charge in [0, 0.05) is 43.4 Å². The molecule has 14 atom stereocenters. The smallest absolute Gasteiger partial charge is 0.335 e. The Hall–Kier alpha value is -11.9. The van der Waals surface area contributed by atoms with Crippen LogP contribution in [0.4, 0.5) is 0 Å². The number of nitrogens with zero attached hydrogens (tertiary/aromatic N) is 1. The molecule has 3 rings (SSSR count). The molecule has 43 nitrogen and oxygen atoms in total. The molecule has 1 aromatic heterocycles. The van der Waals surface area contributed by atoms with E-state index in [1.54, 1.807) is 30.5 Å². The third kappa shape index (κ3) is 33.2. The lowest BCUT2D eigenvalue weighted by Gasteiger charge is -2.32. The topological polar surface area (TPSA) is 693 Å². The number of hydrogen-bond acceptors (Lipinski definition) is 23. The van der Waals surface area contributed by atoms with E-state index >= 15 is 0 Å². The molecular formula is C71H107N17O26. The number of H-pyrrole nitrogens is 1. The van der Waals surface area contributed by atoms with Crippen molar-refractivity contribution in [3.05, 3.63) is 36.0 Å². The zero-order valence-electron chi connectivity index (χ0n) is 64.4. The second kappa shape index (κ2) is 48.1. The lowest BCUT2D eigenvalue weighted by molar-refractivity contribution is -0.159. The van der Waals surface area contributed by atoms with Crippen molar-refractivity contribution in [3.63, 3.8) is 0 Å². The number of aromatic amines is 1. The first kappa shape index (κ1) is 96.3. The number of aliphatic hydroxyl groups excluding tert-OH is 1. The number of nitrogens with two attached hydrogens (primary N) is 3. The van der Waals surface area contributed by atoms with Crippen LogP contribution in [0.1, 0.15) is 156 Å². The number of nitrogens with one attached hydrogen (secondary N) is 13. The number of fused-ring (bicyclic) bond motifs is 1. The molecule has 0 saturated carbocycles. The van der Waals surface area contributed by atoms with Crippen LogP contribution in [0.2, 0.25) is 0 Å². The van der Waals surface area contributed by atoms with Gasteiger partial charge in [-0.2, -0.15) is 0 Å². The van der Waals surface area contributed by atoms with Gasteiger partial charge in [-0.3, -0.25) is 86.3 Å². The minimum Gasteiger partial charge on any atom is -0.481 e. The minimum absolute atomic E-state index is 0.00447. The molecule has 14 unspecified atom stereocenters. The number of carbonyl (C=O) groups is 20. The summed E-state index contributed by atoms with van der Waals surface area (Å²) in [4.78, 5) is 276. The molecule has 2 heterocycles. The molecule has 24 N–H and O–H groups in total. The van der Waals surface area contributed by atoms with E-state index in [9.17, 15) is 121 Å². The first-order valence-corrected chi connectivity index (χ1v) is 37.0. The second-order valence-electron chi connectivity index (χ2n) is 28.0. The normalized spacial score (nSPS) is 21.7. The number of aromatic nitrogens is 1. The summed E-state index contributed by atoms with van der Waals surface area (Å²) in [5.74, 6) is -30.5. The van der Waals surface area contributed by atoms with Crippen molar-refractivity contribution in [2.75, 3.05) is 26.7 Å². The third-order valence-electron chi connectivity index (χ3n) is 18.0. The lowest BCUT2D eigenvalue weighted by Crippen LogP contribution is -2.62. The fourth-order valence-electron chi connectivity index (χ4n) is 11.8. The Morgan fingerprint density at radius 1 is 0.588 bits per heavy atom. The average Bonchev–Trinajstić information content (AvgIpc) is 1.59. The number of esters is 1. The predicted molar refractivity (Wildman–Crippen MR) is 397 cm³/mol. The van der Waals surface area contributed by atoms with E-state index in [-0.39, 0.29) is 32.2 Å². The molecule has 2 aromatic rings. The van der Waals surface area contributed by atoms with Gasteiger partial charge in [-0.05, 0) is 76.0 Å². The monoisotopic (exact) mass is 1610 g/mol. The highest BCUT2D eigenvalue weighted by Crippen LogP contribution is 2.21. The Balaban J connectivity index is 2.25. The Bertz CT molecular complexity index is 3800. The van der Waals surface area contributed by atoms with Crippen LogP contribution in [0, 0.1) is 11.8 Å². The molecule has 0 bridgehead atoms. The zero-order valence-corrected chi connectivity index (χ0v) is 64.4. The number of amides is 15. The van der Waals surface area contributed by atoms with Gasteiger partial charge in [0.1, 0.15) is 72.6 Å². The summed E-state index contributed by atoms with van der Waals surface area (Å²) in [5.41, 5.74) is 17.9. The quantitative estimate of drug-likeness (QED) is 0.0223. The van der Waals surface area contributed by atoms with Gasteiger partial charge >= 0.3 is 29.8 Å². The number of hydrogen-bond donors (Lipinski definition) is 21. The van der Waals surface area contributed by atoms with Crippen LogP contribution < -0.4 is 81.0 Å². The van der Waals surface area contributed by atoms with Crippen molar-refractivity contribution in [2.24, 2.45) is 29.0 Å². The van der Waals surface area contributed by atoms with Gasteiger partial charge < -0.3 is 121 Å². The van der Waals surface area contributed by atoms with Crippen molar-refractivity contribution < 1.29 is 126 Å². The summed E-state index contributed by atoms with van der Waals surface area (Å²) in [5, 5.41) is 77.1. The Morgan fingerprint density at radius 3 is 1.78 bits per heavy atom. The molecule has 1 aromatic carbocycles. The highest BCUT2D eigenvalue weighted by Gasteiger charge is 2.42. The Labute approximate surface area is 654 Å². The summed E-state index contributed by atoms with van der Waals surface area (Å²) in [6.45, 7) is 5.48. The molecule has 0 spiro atoms. The molecule has 114 heavy (non-hydrogen) atoms. The fraction of sp³-hybridized carbons (Fsp3) is 0.606. The molecule has 1 aliphatic heterocycles. The summed E-state index contributed by atoms with van der Waals surface area (Å²) in [6.07, 6.45) is -3.50. The number of ether oxygens (including phenoxy) is 1. The van der Waals surface area contributed by atoms with Crippen LogP contribution in [0.15, 0.2) is 30.5 Å². The van der Waals surface area contributed by atoms with Gasteiger partial charge in [-0.15, -0.1) is 0 Å². The molecular weight excluding hydrogens is 1510 g/mol. The first-order chi connectivity index (χ1) is 53.6. The number of likely N-dealkylation sites (N-methyl/N-ethyl adjacent to an activating group) is 1. The van der Waals surface area contributed by atoms with Gasteiger partial charge in [-0.25, -0.2) is 9.59 Å². The highest BCUT2D eigenvalue weighted by molar-refractivity contribution is 6.02. The number of aliphatic carboxylic acids is 4. The Morgan fingerprint density at radius 2 is 1.18 bits per heavy atom. The van der Waals surface area contributed by atoms with Crippen LogP contribution in [0.25, 0.3) is 10.9 Å². The molecule has 0 radical (unpaired) electrons. The zero-order chi connectivity index (χ0) is 85.8. The number of unbranched alkanes of at least 4 members (excludes halogenated alkanes) is 7. The summed E-state index contributed by atoms with van der Waals surface area (Å²) >= 11 is 0. The standard InChI is InChI=1S/C71H107N17O26/c1-8-9-10-11-12-13-14-22-49(91)78-43(27-38-31-75-40-20-16-15-19-39(38)40)63(104)81-42(23-24-52(94)95)61(102)83-45(29-48(74)90)66(107)86-57-37(6)114-71(113)55(34(2)3)84-68(109)56(35(4)26-53(96)97)85-65(106)44(28-47(73)89)79-50(92)32-76-67(108)58(59(100)70(111)112)87-62(103)41(21-17-18-25-72)80-64(105)46(30-54(98)99)82-60(101)36(5)77-51(93)33-88(7)69(57)110/h15-16,19-20,31,34-37,41-46,55-59,75,100H,8-14,17-18,21-30,32-33,72H2,1-7H3,(H2,73,89)(H2,74,90)(H,76,108)(H,77,93)(H,78,91)(H,79,92)(H,80,105)(H,81,104)(H,82,101)(H,83,102)(H,84,109)(H,85,106)(H,86,107)(H,87,103)(H,94,95)(H,96,97)(H,98,99)(H,111,112). The van der Waals surface area contributed by atoms with Crippen molar-refractivity contribution >= 4 is 129 Å². The van der Waals surface area contributed by atoms with E-state index in [0.29, 0.717) is 34.2 Å². The average molecular weight is 1610 g/mol. The SMILES string of the molecule is CCCCCCCCCC(=O)NC(Cc1c[nH]c2ccccc12)C(=O)NC(CCC(=O)O)C(=O)NC(CC(N)=O)C(=O)NC1C(=O)N(C)CC(=O)NC(C)C(=O)NC(CC(=O)O)C(=O)NC(CCCCN)C(=O)NC(C(O)C(=O)O)C(=O)NCC(=O)NC(CC(N)=O)C(=O)NC(C(C)CC(=O)O)C(=O)NC(C(C)C)C(=O)OC1C. The number of carbonyl (C=O) groups excluding carboxylic acids is 16. The molecule has 15 amide bonds. The van der Waals surface area contributed by atoms with Crippen LogP contribution in [0.5, 0.6) is 0 Å². The first-order valence-electron chi connectivity index (χ1n) is 37.0. The number of aliphatic hydroxyl groups is 1. The summed E-state index contributed by atoms with van der Waals surface area (Å²) in [6, 6.07) is -15.1. The van der Waals surface area contributed by atoms with Gasteiger partial charge in [0.05, 0.1) is 38.8 Å². The van der Waals surface area contributed by atoms with E-state index in [2.05, 4.69) is 59.8 Å². The largest absolute Gasteiger partial charge is 0.481 e. The van der Waals surface area contributed by atoms with E-state index in [4.69, 9.17) is 21.9 Å². The maximum atomic E-state index is 14.9. The van der Waals surface area contributed by atoms with E-state index in [0.717, 1.165) is 59.9 Å². The molecule has 1 fully saturated rings. The highest BCUT2D eigenvalue weighted by atomic mass is 16.5. The molecule has 43 heteroatoms. The molecule has 1 saturated heterocycles. The molecule has 0 aliphatic carbocycles. The summed E-state index contributed by atoms with van der Waals surface area (Å²) in [7, 11) is 0.931. The van der Waals surface area contributed by atoms with E-state index < -0.39 is 267 Å². The summed E-state index contributed by atoms with van der Waals surface area (Å²) < 4.78 is 5.74. The minimum atomic E-state index is -2.83. The van der Waals surface area contributed by atoms with Crippen molar-refractivity contribution in [1.29, 1.82) is 0 Å². The lowest BCUT2D eigenvalue weighted by atomic mass is 9.95. The number of benzene rings is 1. The van der Waals surface area contributed by atoms with E-state index in [1.165, 1.54) is 13.8 Å². The van der Waals surface area contributed by atoms with Gasteiger partial charge in [0.2, 0.25) is 88.6 Å². The molecule has 632 valence electrons. The van der Waals surface area contributed by atoms with Crippen LogP contribution in [-0.4, -0.2) is 259 Å². The van der Waals surface area contributed by atoms with Crippen molar-refractivity contribution in [2.45, 2.75) is 236 Å². The third-order valence-corrected chi connectivity index (χ3v) is 18.0. The number of primary amides is 2. The predicted octanol–water partition coefficient (Wildman–Crippen LogP) is -5.84. The maximum absolute atomic E-state index is 14.9.